The van der Waals surface area contributed by atoms with Crippen LogP contribution >= 0.6 is 0 Å². The third-order valence-corrected chi connectivity index (χ3v) is 10.1. The van der Waals surface area contributed by atoms with Crippen LogP contribution in [0, 0.1) is 0 Å². The van der Waals surface area contributed by atoms with Crippen LogP contribution in [0.25, 0.3) is 16.9 Å². The maximum atomic E-state index is 14.6. The largest absolute Gasteiger partial charge is 0.388 e. The van der Waals surface area contributed by atoms with Gasteiger partial charge in [0.15, 0.2) is 0 Å². The van der Waals surface area contributed by atoms with Gasteiger partial charge in [-0.3, -0.25) is 14.2 Å². The second-order valence-corrected chi connectivity index (χ2v) is 13.7. The molecule has 4 heterocycles. The van der Waals surface area contributed by atoms with Crippen molar-refractivity contribution in [2.45, 2.75) is 108 Å². The molecule has 0 radical (unpaired) electrons. The Kier molecular flexibility index (Phi) is 7.89. The fourth-order valence-corrected chi connectivity index (χ4v) is 7.67. The van der Waals surface area contributed by atoms with E-state index < -0.39 is 5.60 Å². The number of amides is 1. The lowest BCUT2D eigenvalue weighted by Crippen LogP contribution is -2.42. The number of hydrogen-bond acceptors (Lipinski definition) is 7. The molecule has 2 aromatic carbocycles. The molecule has 1 amide bonds. The Bertz CT molecular complexity index is 1860. The summed E-state index contributed by atoms with van der Waals surface area (Å²) in [7, 11) is 0. The number of carbonyl (C=O) groups excluding carboxylic acids is 1. The highest BCUT2D eigenvalue weighted by atomic mass is 16.5. The molecule has 1 saturated heterocycles. The predicted molar refractivity (Wildman–Crippen MR) is 176 cm³/mol. The van der Waals surface area contributed by atoms with Gasteiger partial charge in [0.05, 0.1) is 35.1 Å². The Labute approximate surface area is 268 Å². The molecule has 1 atom stereocenters. The van der Waals surface area contributed by atoms with Gasteiger partial charge in [-0.05, 0) is 81.5 Å². The average Bonchev–Trinajstić information content (AvgIpc) is 3.81. The molecular formula is C36H42N6O4. The lowest BCUT2D eigenvalue weighted by atomic mass is 9.80. The van der Waals surface area contributed by atoms with Crippen LogP contribution in [0.5, 0.6) is 0 Å². The van der Waals surface area contributed by atoms with E-state index in [9.17, 15) is 14.7 Å². The number of rotatable bonds is 8. The molecule has 2 aromatic heterocycles. The number of hydrogen-bond donors (Lipinski definition) is 2. The van der Waals surface area contributed by atoms with E-state index in [1.807, 2.05) is 41.1 Å². The third kappa shape index (κ3) is 5.58. The van der Waals surface area contributed by atoms with Gasteiger partial charge >= 0.3 is 0 Å². The lowest BCUT2D eigenvalue weighted by molar-refractivity contribution is -0.135. The number of fused-ring (bicyclic) bond motifs is 1. The Hall–Kier alpha value is -4.15. The molecule has 240 valence electrons. The Morgan fingerprint density at radius 1 is 1.04 bits per heavy atom. The van der Waals surface area contributed by atoms with Crippen LogP contribution in [0.2, 0.25) is 0 Å². The summed E-state index contributed by atoms with van der Waals surface area (Å²) in [4.78, 5) is 31.3. The summed E-state index contributed by atoms with van der Waals surface area (Å²) in [5, 5.41) is 19.5. The third-order valence-electron chi connectivity index (χ3n) is 10.1. The van der Waals surface area contributed by atoms with Crippen molar-refractivity contribution in [2.24, 2.45) is 5.10 Å². The summed E-state index contributed by atoms with van der Waals surface area (Å²) in [5.74, 6) is 0.460. The van der Waals surface area contributed by atoms with E-state index in [4.69, 9.17) is 4.74 Å². The van der Waals surface area contributed by atoms with Gasteiger partial charge in [-0.15, -0.1) is 0 Å². The molecule has 4 aromatic rings. The Balaban J connectivity index is 1.25. The number of ether oxygens (including phenoxy) is 1. The Morgan fingerprint density at radius 3 is 2.48 bits per heavy atom. The zero-order valence-corrected chi connectivity index (χ0v) is 26.8. The zero-order valence-electron chi connectivity index (χ0n) is 26.8. The topological polar surface area (TPSA) is 123 Å². The molecule has 7 rings (SSSR count). The van der Waals surface area contributed by atoms with E-state index >= 15 is 0 Å². The van der Waals surface area contributed by atoms with Crippen molar-refractivity contribution >= 4 is 17.4 Å². The number of aliphatic hydroxyl groups is 1. The van der Waals surface area contributed by atoms with Crippen molar-refractivity contribution < 1.29 is 14.6 Å². The van der Waals surface area contributed by atoms with Crippen LogP contribution in [0.4, 0.5) is 0 Å². The molecule has 0 bridgehead atoms. The summed E-state index contributed by atoms with van der Waals surface area (Å²) < 4.78 is 10.2. The van der Waals surface area contributed by atoms with Crippen molar-refractivity contribution in [3.05, 3.63) is 87.6 Å². The minimum atomic E-state index is -0.870. The molecule has 1 unspecified atom stereocenters. The van der Waals surface area contributed by atoms with Crippen molar-refractivity contribution in [1.82, 2.24) is 24.6 Å². The van der Waals surface area contributed by atoms with Crippen LogP contribution in [0.3, 0.4) is 0 Å². The van der Waals surface area contributed by atoms with Gasteiger partial charge in [0.1, 0.15) is 6.33 Å². The molecule has 2 N–H and O–H groups in total. The maximum absolute atomic E-state index is 14.6. The van der Waals surface area contributed by atoms with Crippen LogP contribution in [0.1, 0.15) is 101 Å². The number of aryl methyl sites for hydroxylation is 1. The van der Waals surface area contributed by atoms with Gasteiger partial charge < -0.3 is 9.84 Å². The van der Waals surface area contributed by atoms with E-state index in [2.05, 4.69) is 57.9 Å². The first-order valence-corrected chi connectivity index (χ1v) is 16.6. The molecule has 1 saturated carbocycles. The first kappa shape index (κ1) is 30.5. The summed E-state index contributed by atoms with van der Waals surface area (Å²) in [6.45, 7) is 5.74. The van der Waals surface area contributed by atoms with Gasteiger partial charge in [-0.1, -0.05) is 55.8 Å². The maximum Gasteiger partial charge on any atom is 0.259 e. The fourth-order valence-electron chi connectivity index (χ4n) is 7.67. The van der Waals surface area contributed by atoms with Crippen molar-refractivity contribution in [3.63, 3.8) is 0 Å². The molecule has 10 nitrogen and oxygen atoms in total. The van der Waals surface area contributed by atoms with Crippen molar-refractivity contribution in [3.8, 4) is 11.1 Å². The first-order valence-electron chi connectivity index (χ1n) is 16.6. The second-order valence-electron chi connectivity index (χ2n) is 13.7. The quantitative estimate of drug-likeness (QED) is 0.281. The smallest absolute Gasteiger partial charge is 0.259 e. The summed E-state index contributed by atoms with van der Waals surface area (Å²) in [6, 6.07) is 16.3. The SMILES string of the molecule is CCCc1c(Cc2ccc(-c3ccccc3)c(C3=NNC(=O)C3)c2)c(=O)n(C2CCC3(CC2)CCC(C(C)(C)O)O3)c2ncnn12. The predicted octanol–water partition coefficient (Wildman–Crippen LogP) is 5.13. The van der Waals surface area contributed by atoms with Crippen LogP contribution < -0.4 is 11.0 Å². The normalized spacial score (nSPS) is 23.3. The molecule has 2 aliphatic heterocycles. The van der Waals surface area contributed by atoms with Gasteiger partial charge in [-0.2, -0.15) is 15.2 Å². The summed E-state index contributed by atoms with van der Waals surface area (Å²) in [5.41, 5.74) is 7.67. The van der Waals surface area contributed by atoms with Crippen molar-refractivity contribution in [2.75, 3.05) is 0 Å². The van der Waals surface area contributed by atoms with Crippen LogP contribution in [-0.4, -0.2) is 53.2 Å². The number of nitrogens with zero attached hydrogens (tertiary/aromatic N) is 5. The van der Waals surface area contributed by atoms with Gasteiger partial charge in [0, 0.05) is 23.6 Å². The van der Waals surface area contributed by atoms with E-state index in [0.29, 0.717) is 24.3 Å². The van der Waals surface area contributed by atoms with E-state index in [-0.39, 0.29) is 35.6 Å². The number of nitrogens with one attached hydrogen (secondary N) is 1. The number of aromatic nitrogens is 4. The standard InChI is InChI=1S/C36H42N6O4/c1-4-8-30-28(20-23-11-12-26(24-9-6-5-7-10-24)27(19-23)29-21-32(43)40-39-29)33(44)41(34-37-22-38-42(30)34)25-13-16-36(17-14-25)18-15-31(46-36)35(2,3)45/h5-7,9-12,19,22,25,31,45H,4,8,13-18,20-21H2,1-3H3,(H,40,43). The van der Waals surface area contributed by atoms with Gasteiger partial charge in [0.2, 0.25) is 11.7 Å². The highest BCUT2D eigenvalue weighted by Crippen LogP contribution is 2.47. The molecule has 3 aliphatic rings. The first-order chi connectivity index (χ1) is 22.2. The number of hydrazone groups is 1. The zero-order chi connectivity index (χ0) is 32.1. The van der Waals surface area contributed by atoms with Gasteiger partial charge in [-0.25, -0.2) is 9.94 Å². The number of benzene rings is 2. The highest BCUT2D eigenvalue weighted by molar-refractivity contribution is 6.16. The molecule has 10 heteroatoms. The summed E-state index contributed by atoms with van der Waals surface area (Å²) >= 11 is 0. The molecular weight excluding hydrogens is 580 g/mol. The molecule has 46 heavy (non-hydrogen) atoms. The lowest BCUT2D eigenvalue weighted by Gasteiger charge is -2.39. The van der Waals surface area contributed by atoms with E-state index in [0.717, 1.165) is 78.5 Å². The monoisotopic (exact) mass is 622 g/mol. The molecule has 2 fully saturated rings. The van der Waals surface area contributed by atoms with Gasteiger partial charge in [0.25, 0.3) is 5.56 Å². The average molecular weight is 623 g/mol. The van der Waals surface area contributed by atoms with E-state index in [1.165, 1.54) is 0 Å². The number of carbonyl (C=O) groups is 1. The Morgan fingerprint density at radius 2 is 1.80 bits per heavy atom. The molecule has 1 spiro atoms. The van der Waals surface area contributed by atoms with Crippen molar-refractivity contribution in [1.29, 1.82) is 0 Å². The minimum absolute atomic E-state index is 0.0182. The van der Waals surface area contributed by atoms with Crippen LogP contribution in [0.15, 0.2) is 64.8 Å². The highest BCUT2D eigenvalue weighted by Gasteiger charge is 2.47. The molecule has 1 aliphatic carbocycles. The fraction of sp³-hybridized carbons (Fsp3) is 0.472. The summed E-state index contributed by atoms with van der Waals surface area (Å²) in [6.07, 6.45) is 8.61. The van der Waals surface area contributed by atoms with Crippen LogP contribution in [-0.2, 0) is 22.4 Å². The minimum Gasteiger partial charge on any atom is -0.388 e. The van der Waals surface area contributed by atoms with E-state index in [1.54, 1.807) is 6.33 Å². The second kappa shape index (κ2) is 11.9.